The summed E-state index contributed by atoms with van der Waals surface area (Å²) in [6, 6.07) is 0. The summed E-state index contributed by atoms with van der Waals surface area (Å²) in [5.41, 5.74) is 0. The minimum atomic E-state index is 1.01. The molecular weight excluding hydrogens is 316 g/mol. The lowest BCUT2D eigenvalue weighted by Gasteiger charge is -2.07. The van der Waals surface area contributed by atoms with Gasteiger partial charge in [-0.3, -0.25) is 0 Å². The van der Waals surface area contributed by atoms with Gasteiger partial charge in [0.2, 0.25) is 10.3 Å². The maximum atomic E-state index is 4.37. The molecule has 8 heteroatoms. The van der Waals surface area contributed by atoms with Crippen LogP contribution in [0.4, 0.5) is 0 Å². The molecule has 22 heavy (non-hydrogen) atoms. The van der Waals surface area contributed by atoms with E-state index in [2.05, 4.69) is 29.5 Å². The highest BCUT2D eigenvalue weighted by Crippen LogP contribution is 2.37. The molecule has 0 bridgehead atoms. The van der Waals surface area contributed by atoms with Crippen molar-refractivity contribution in [1.29, 1.82) is 0 Å². The normalized spacial score (nSPS) is 18.4. The molecule has 0 atom stereocenters. The van der Waals surface area contributed by atoms with Crippen molar-refractivity contribution in [3.8, 4) is 0 Å². The molecule has 0 fully saturated rings. The molecule has 0 amide bonds. The Morgan fingerprint density at radius 2 is 1.09 bits per heavy atom. The zero-order valence-corrected chi connectivity index (χ0v) is 14.2. The summed E-state index contributed by atoms with van der Waals surface area (Å²) in [6.07, 6.45) is 9.60. The minimum Gasteiger partial charge on any atom is -0.305 e. The van der Waals surface area contributed by atoms with Crippen LogP contribution in [-0.2, 0) is 25.9 Å². The summed E-state index contributed by atoms with van der Waals surface area (Å²) in [4.78, 5) is 0. The van der Waals surface area contributed by atoms with E-state index in [0.29, 0.717) is 0 Å². The highest BCUT2D eigenvalue weighted by atomic mass is 33.1. The first-order valence-electron chi connectivity index (χ1n) is 8.10. The molecule has 4 rings (SSSR count). The van der Waals surface area contributed by atoms with Crippen LogP contribution in [0, 0.1) is 0 Å². The lowest BCUT2D eigenvalue weighted by Crippen LogP contribution is -2.03. The minimum absolute atomic E-state index is 1.01. The van der Waals surface area contributed by atoms with Gasteiger partial charge < -0.3 is 9.13 Å². The molecule has 0 N–H and O–H groups in total. The monoisotopic (exact) mass is 336 g/mol. The number of hydrogen-bond donors (Lipinski definition) is 0. The molecule has 2 aromatic rings. The molecular formula is C14H20N6S2. The van der Waals surface area contributed by atoms with Crippen molar-refractivity contribution < 1.29 is 0 Å². The Morgan fingerprint density at radius 3 is 1.59 bits per heavy atom. The van der Waals surface area contributed by atoms with Crippen molar-refractivity contribution >= 4 is 21.6 Å². The van der Waals surface area contributed by atoms with Crippen LogP contribution >= 0.6 is 21.6 Å². The second-order valence-electron chi connectivity index (χ2n) is 5.89. The zero-order chi connectivity index (χ0) is 14.8. The molecule has 118 valence electrons. The van der Waals surface area contributed by atoms with Gasteiger partial charge in [-0.15, -0.1) is 20.4 Å². The van der Waals surface area contributed by atoms with Crippen LogP contribution in [0.15, 0.2) is 10.3 Å². The fourth-order valence-corrected chi connectivity index (χ4v) is 5.17. The number of aromatic nitrogens is 6. The Hall–Kier alpha value is -1.02. The van der Waals surface area contributed by atoms with Gasteiger partial charge in [0, 0.05) is 25.9 Å². The fraction of sp³-hybridized carbons (Fsp3) is 0.714. The third-order valence-electron chi connectivity index (χ3n) is 4.34. The lowest BCUT2D eigenvalue weighted by atomic mass is 10.2. The van der Waals surface area contributed by atoms with E-state index in [4.69, 9.17) is 0 Å². The van der Waals surface area contributed by atoms with Gasteiger partial charge in [0.15, 0.2) is 0 Å². The van der Waals surface area contributed by atoms with Gasteiger partial charge in [0.1, 0.15) is 11.6 Å². The SMILES string of the molecule is C1CCc2nnc(SSc3nnc4n3CCCCC4)n2CC1. The van der Waals surface area contributed by atoms with Crippen LogP contribution in [0.2, 0.25) is 0 Å². The van der Waals surface area contributed by atoms with E-state index in [1.54, 1.807) is 21.6 Å². The topological polar surface area (TPSA) is 61.4 Å². The second-order valence-corrected chi connectivity index (χ2v) is 7.95. The Kier molecular flexibility index (Phi) is 4.38. The van der Waals surface area contributed by atoms with Crippen LogP contribution in [0.1, 0.15) is 50.2 Å². The summed E-state index contributed by atoms with van der Waals surface area (Å²) < 4.78 is 4.56. The van der Waals surface area contributed by atoms with Crippen LogP contribution < -0.4 is 0 Å². The van der Waals surface area contributed by atoms with Gasteiger partial charge in [-0.05, 0) is 47.3 Å². The van der Waals surface area contributed by atoms with Crippen LogP contribution in [0.3, 0.4) is 0 Å². The van der Waals surface area contributed by atoms with E-state index in [1.165, 1.54) is 38.5 Å². The predicted octanol–water partition coefficient (Wildman–Crippen LogP) is 3.12. The quantitative estimate of drug-likeness (QED) is 0.803. The van der Waals surface area contributed by atoms with E-state index >= 15 is 0 Å². The van der Waals surface area contributed by atoms with Crippen LogP contribution in [0.5, 0.6) is 0 Å². The molecule has 2 aromatic heterocycles. The predicted molar refractivity (Wildman–Crippen MR) is 86.9 cm³/mol. The first kappa shape index (κ1) is 14.6. The third kappa shape index (κ3) is 2.90. The molecule has 2 aliphatic rings. The summed E-state index contributed by atoms with van der Waals surface area (Å²) in [6.45, 7) is 2.09. The van der Waals surface area contributed by atoms with E-state index < -0.39 is 0 Å². The number of rotatable bonds is 3. The van der Waals surface area contributed by atoms with Crippen LogP contribution in [0.25, 0.3) is 0 Å². The standard InChI is InChI=1S/C14H20N6S2/c1-3-7-11-15-17-13(19(11)9-5-1)21-22-14-18-16-12-8-4-2-6-10-20(12)14/h1-10H2. The Balaban J connectivity index is 1.49. The molecule has 6 nitrogen and oxygen atoms in total. The van der Waals surface area contributed by atoms with Crippen molar-refractivity contribution in [3.05, 3.63) is 11.6 Å². The number of fused-ring (bicyclic) bond motifs is 2. The van der Waals surface area contributed by atoms with Crippen molar-refractivity contribution in [1.82, 2.24) is 29.5 Å². The van der Waals surface area contributed by atoms with Gasteiger partial charge in [0.05, 0.1) is 0 Å². The maximum Gasteiger partial charge on any atom is 0.202 e. The fourth-order valence-electron chi connectivity index (χ4n) is 3.11. The van der Waals surface area contributed by atoms with Gasteiger partial charge in [-0.1, -0.05) is 12.8 Å². The van der Waals surface area contributed by atoms with E-state index in [9.17, 15) is 0 Å². The summed E-state index contributed by atoms with van der Waals surface area (Å²) in [5, 5.41) is 19.5. The van der Waals surface area contributed by atoms with Crippen molar-refractivity contribution in [2.75, 3.05) is 0 Å². The molecule has 0 aromatic carbocycles. The van der Waals surface area contributed by atoms with Gasteiger partial charge in [-0.2, -0.15) is 0 Å². The third-order valence-corrected chi connectivity index (χ3v) is 6.47. The Morgan fingerprint density at radius 1 is 0.591 bits per heavy atom. The van der Waals surface area contributed by atoms with Crippen LogP contribution in [-0.4, -0.2) is 29.5 Å². The molecule has 0 saturated heterocycles. The smallest absolute Gasteiger partial charge is 0.202 e. The molecule has 0 radical (unpaired) electrons. The lowest BCUT2D eigenvalue weighted by molar-refractivity contribution is 0.590. The number of aryl methyl sites for hydroxylation is 2. The van der Waals surface area contributed by atoms with Crippen molar-refractivity contribution in [3.63, 3.8) is 0 Å². The largest absolute Gasteiger partial charge is 0.305 e. The number of nitrogens with zero attached hydrogens (tertiary/aromatic N) is 6. The van der Waals surface area contributed by atoms with Crippen molar-refractivity contribution in [2.24, 2.45) is 0 Å². The van der Waals surface area contributed by atoms with Crippen molar-refractivity contribution in [2.45, 2.75) is 74.8 Å². The van der Waals surface area contributed by atoms with E-state index in [0.717, 1.165) is 47.9 Å². The average Bonchev–Trinajstić information content (AvgIpc) is 2.90. The molecule has 4 heterocycles. The highest BCUT2D eigenvalue weighted by molar-refractivity contribution is 8.76. The van der Waals surface area contributed by atoms with E-state index in [1.807, 2.05) is 0 Å². The maximum absolute atomic E-state index is 4.37. The molecule has 0 aliphatic carbocycles. The first-order valence-corrected chi connectivity index (χ1v) is 10.3. The van der Waals surface area contributed by atoms with Gasteiger partial charge in [0.25, 0.3) is 0 Å². The second kappa shape index (κ2) is 6.62. The van der Waals surface area contributed by atoms with Gasteiger partial charge >= 0.3 is 0 Å². The summed E-state index contributed by atoms with van der Waals surface area (Å²) in [5.74, 6) is 2.28. The summed E-state index contributed by atoms with van der Waals surface area (Å²) in [7, 11) is 3.34. The highest BCUT2D eigenvalue weighted by Gasteiger charge is 2.19. The molecule has 0 saturated carbocycles. The first-order chi connectivity index (χ1) is 10.9. The average molecular weight is 336 g/mol. The molecule has 0 spiro atoms. The molecule has 2 aliphatic heterocycles. The summed E-state index contributed by atoms with van der Waals surface area (Å²) >= 11 is 0. The molecule has 0 unspecified atom stereocenters. The Bertz CT molecular complexity index is 594. The van der Waals surface area contributed by atoms with Gasteiger partial charge in [-0.25, -0.2) is 0 Å². The van der Waals surface area contributed by atoms with E-state index in [-0.39, 0.29) is 0 Å². The number of hydrogen-bond acceptors (Lipinski definition) is 6. The Labute approximate surface area is 137 Å². The zero-order valence-electron chi connectivity index (χ0n) is 12.6.